The molecule has 0 spiro atoms. The standard InChI is InChI=1S/C38H52N3O5/c1-27-22-35(27)41(38(45)46-21-18-28-12-14-29(26-42)15-13-28)33-16-19-39(20-17-33)23-32-24-40(25-34(32)30-8-4-2-5-9-30)36(37(43)44)31-10-6-3-7-11-31/h2,4-5,8-9,12-15,27,31-36H,3,6-7,10-11,16-26H2,1H3,(H,43,44)/q-1. The van der Waals surface area contributed by atoms with E-state index in [-0.39, 0.29) is 36.7 Å². The number of rotatable bonds is 12. The van der Waals surface area contributed by atoms with Crippen molar-refractivity contribution in [1.29, 1.82) is 0 Å². The number of piperidine rings is 1. The van der Waals surface area contributed by atoms with Crippen LogP contribution in [-0.4, -0.2) is 89.3 Å². The van der Waals surface area contributed by atoms with E-state index in [4.69, 9.17) is 4.74 Å². The lowest BCUT2D eigenvalue weighted by Crippen LogP contribution is -2.50. The van der Waals surface area contributed by atoms with Crippen molar-refractivity contribution in [3.05, 3.63) is 71.3 Å². The molecular formula is C38H52N3O5-. The molecule has 5 atom stereocenters. The number of benzene rings is 2. The molecule has 4 aliphatic rings. The number of carboxylic acids is 1. The number of ether oxygens (including phenoxy) is 1. The summed E-state index contributed by atoms with van der Waals surface area (Å²) in [5.41, 5.74) is 3.15. The van der Waals surface area contributed by atoms with Crippen LogP contribution in [0.25, 0.3) is 0 Å². The third-order valence-electron chi connectivity index (χ3n) is 11.3. The number of likely N-dealkylation sites (tertiary alicyclic amines) is 2. The molecule has 0 radical (unpaired) electrons. The Bertz CT molecular complexity index is 1280. The smallest absolute Gasteiger partial charge is 0.410 e. The van der Waals surface area contributed by atoms with E-state index in [1.54, 1.807) is 0 Å². The molecule has 1 amide bonds. The highest BCUT2D eigenvalue weighted by molar-refractivity contribution is 5.74. The normalized spacial score (nSPS) is 26.9. The van der Waals surface area contributed by atoms with Gasteiger partial charge >= 0.3 is 12.1 Å². The molecular weight excluding hydrogens is 578 g/mol. The number of carbonyl (C=O) groups excluding carboxylic acids is 1. The molecule has 8 nitrogen and oxygen atoms in total. The van der Waals surface area contributed by atoms with Gasteiger partial charge in [0.2, 0.25) is 0 Å². The summed E-state index contributed by atoms with van der Waals surface area (Å²) in [6, 6.07) is 18.3. The van der Waals surface area contributed by atoms with Gasteiger partial charge in [0.15, 0.2) is 0 Å². The van der Waals surface area contributed by atoms with E-state index in [1.807, 2.05) is 29.2 Å². The van der Waals surface area contributed by atoms with Crippen LogP contribution in [0.15, 0.2) is 54.6 Å². The Morgan fingerprint density at radius 2 is 1.63 bits per heavy atom. The van der Waals surface area contributed by atoms with Gasteiger partial charge in [-0.2, -0.15) is 0 Å². The second kappa shape index (κ2) is 15.3. The van der Waals surface area contributed by atoms with Gasteiger partial charge in [0.25, 0.3) is 0 Å². The summed E-state index contributed by atoms with van der Waals surface area (Å²) in [4.78, 5) is 32.9. The second-order valence-corrected chi connectivity index (χ2v) is 14.5. The Morgan fingerprint density at radius 1 is 0.957 bits per heavy atom. The molecule has 5 unspecified atom stereocenters. The molecule has 6 rings (SSSR count). The first kappa shape index (κ1) is 33.0. The molecule has 250 valence electrons. The highest BCUT2D eigenvalue weighted by atomic mass is 16.6. The van der Waals surface area contributed by atoms with Gasteiger partial charge in [0, 0.05) is 57.1 Å². The SMILES string of the molecule is CC1CC1N(C(=O)OCCc1ccc(C[O-])cc1)C1CCN(CC2CN(C(C(=O)O)C3CCCCC3)CC2c2ccccc2)CC1. The van der Waals surface area contributed by atoms with Crippen LogP contribution < -0.4 is 5.11 Å². The Labute approximate surface area is 274 Å². The van der Waals surface area contributed by atoms with Crippen molar-refractivity contribution < 1.29 is 24.5 Å². The third-order valence-corrected chi connectivity index (χ3v) is 11.3. The van der Waals surface area contributed by atoms with Gasteiger partial charge in [0.05, 0.1) is 6.61 Å². The fraction of sp³-hybridized carbons (Fsp3) is 0.632. The summed E-state index contributed by atoms with van der Waals surface area (Å²) in [5.74, 6) is 0.791. The van der Waals surface area contributed by atoms with Crippen LogP contribution in [0, 0.1) is 17.8 Å². The lowest BCUT2D eigenvalue weighted by atomic mass is 9.83. The first-order chi connectivity index (χ1) is 22.4. The number of hydrogen-bond donors (Lipinski definition) is 1. The summed E-state index contributed by atoms with van der Waals surface area (Å²) < 4.78 is 5.83. The number of carboxylic acid groups (broad SMARTS) is 1. The van der Waals surface area contributed by atoms with Gasteiger partial charge in [-0.3, -0.25) is 9.69 Å². The highest BCUT2D eigenvalue weighted by Crippen LogP contribution is 2.40. The molecule has 8 heteroatoms. The highest BCUT2D eigenvalue weighted by Gasteiger charge is 2.46. The van der Waals surface area contributed by atoms with Gasteiger partial charge in [-0.1, -0.05) is 86.3 Å². The van der Waals surface area contributed by atoms with E-state index in [9.17, 15) is 19.8 Å². The van der Waals surface area contributed by atoms with E-state index >= 15 is 0 Å². The lowest BCUT2D eigenvalue weighted by Gasteiger charge is -2.39. The second-order valence-electron chi connectivity index (χ2n) is 14.5. The van der Waals surface area contributed by atoms with Gasteiger partial charge in [-0.05, 0) is 61.0 Å². The molecule has 2 aliphatic carbocycles. The number of amides is 1. The van der Waals surface area contributed by atoms with E-state index in [0.717, 1.165) is 88.8 Å². The van der Waals surface area contributed by atoms with Crippen molar-refractivity contribution in [3.63, 3.8) is 0 Å². The molecule has 2 saturated heterocycles. The summed E-state index contributed by atoms with van der Waals surface area (Å²) >= 11 is 0. The number of carbonyl (C=O) groups is 2. The van der Waals surface area contributed by atoms with Crippen molar-refractivity contribution in [2.45, 2.75) is 95.4 Å². The monoisotopic (exact) mass is 630 g/mol. The molecule has 2 aromatic carbocycles. The Morgan fingerprint density at radius 3 is 2.26 bits per heavy atom. The largest absolute Gasteiger partial charge is 0.851 e. The van der Waals surface area contributed by atoms with Crippen molar-refractivity contribution in [1.82, 2.24) is 14.7 Å². The minimum absolute atomic E-state index is 0.183. The van der Waals surface area contributed by atoms with E-state index < -0.39 is 5.97 Å². The van der Waals surface area contributed by atoms with E-state index in [2.05, 4.69) is 47.1 Å². The summed E-state index contributed by atoms with van der Waals surface area (Å²) in [6.07, 6.45) is 8.91. The molecule has 2 heterocycles. The predicted octanol–water partition coefficient (Wildman–Crippen LogP) is 5.15. The summed E-state index contributed by atoms with van der Waals surface area (Å²) in [5, 5.41) is 21.4. The molecule has 0 bridgehead atoms. The minimum atomic E-state index is -0.654. The number of aliphatic carboxylic acids is 1. The van der Waals surface area contributed by atoms with Crippen molar-refractivity contribution in [2.75, 3.05) is 39.3 Å². The van der Waals surface area contributed by atoms with Gasteiger partial charge < -0.3 is 24.7 Å². The topological polar surface area (TPSA) is 96.4 Å². The molecule has 2 aliphatic heterocycles. The fourth-order valence-electron chi connectivity index (χ4n) is 8.59. The maximum Gasteiger partial charge on any atom is 0.410 e. The Hall–Kier alpha value is -2.94. The van der Waals surface area contributed by atoms with Crippen LogP contribution in [0.3, 0.4) is 0 Å². The maximum absolute atomic E-state index is 13.4. The molecule has 4 fully saturated rings. The zero-order valence-electron chi connectivity index (χ0n) is 27.5. The predicted molar refractivity (Wildman–Crippen MR) is 176 cm³/mol. The van der Waals surface area contributed by atoms with E-state index in [1.165, 1.54) is 12.0 Å². The average Bonchev–Trinajstić information content (AvgIpc) is 3.65. The zero-order chi connectivity index (χ0) is 32.0. The molecule has 0 aromatic heterocycles. The summed E-state index contributed by atoms with van der Waals surface area (Å²) in [6.45, 7) is 6.78. The van der Waals surface area contributed by atoms with Crippen molar-refractivity contribution in [3.8, 4) is 0 Å². The van der Waals surface area contributed by atoms with Crippen LogP contribution in [-0.2, 0) is 22.6 Å². The van der Waals surface area contributed by atoms with Gasteiger partial charge in [-0.25, -0.2) is 4.79 Å². The first-order valence-electron chi connectivity index (χ1n) is 17.8. The van der Waals surface area contributed by atoms with Gasteiger partial charge in [0.1, 0.15) is 6.04 Å². The first-order valence-corrected chi connectivity index (χ1v) is 17.8. The minimum Gasteiger partial charge on any atom is -0.851 e. The van der Waals surface area contributed by atoms with Crippen LogP contribution in [0.4, 0.5) is 4.79 Å². The molecule has 1 N–H and O–H groups in total. The van der Waals surface area contributed by atoms with Crippen molar-refractivity contribution >= 4 is 12.1 Å². The van der Waals surface area contributed by atoms with Crippen LogP contribution in [0.1, 0.15) is 80.9 Å². The van der Waals surface area contributed by atoms with Crippen LogP contribution >= 0.6 is 0 Å². The van der Waals surface area contributed by atoms with Gasteiger partial charge in [-0.15, -0.1) is 6.61 Å². The Kier molecular flexibility index (Phi) is 11.0. The van der Waals surface area contributed by atoms with Crippen LogP contribution in [0.2, 0.25) is 0 Å². The average molecular weight is 631 g/mol. The zero-order valence-corrected chi connectivity index (χ0v) is 27.5. The summed E-state index contributed by atoms with van der Waals surface area (Å²) in [7, 11) is 0. The lowest BCUT2D eigenvalue weighted by molar-refractivity contribution is -0.386. The number of nitrogens with zero attached hydrogens (tertiary/aromatic N) is 3. The molecule has 2 saturated carbocycles. The molecule has 46 heavy (non-hydrogen) atoms. The number of hydrogen-bond acceptors (Lipinski definition) is 6. The quantitative estimate of drug-likeness (QED) is 0.347. The van der Waals surface area contributed by atoms with Crippen LogP contribution in [0.5, 0.6) is 0 Å². The Balaban J connectivity index is 1.06. The van der Waals surface area contributed by atoms with E-state index in [0.29, 0.717) is 30.8 Å². The third kappa shape index (κ3) is 7.95. The van der Waals surface area contributed by atoms with Crippen molar-refractivity contribution in [2.24, 2.45) is 17.8 Å². The maximum atomic E-state index is 13.4. The molecule has 2 aromatic rings. The fourth-order valence-corrected chi connectivity index (χ4v) is 8.59.